The van der Waals surface area contributed by atoms with Crippen molar-refractivity contribution in [3.8, 4) is 11.5 Å². The van der Waals surface area contributed by atoms with Crippen LogP contribution in [0.1, 0.15) is 11.1 Å². The molecule has 0 amide bonds. The van der Waals surface area contributed by atoms with E-state index in [0.717, 1.165) is 25.7 Å². The van der Waals surface area contributed by atoms with Crippen LogP contribution < -0.4 is 10.5 Å². The summed E-state index contributed by atoms with van der Waals surface area (Å²) in [7, 11) is 2.08. The Morgan fingerprint density at radius 1 is 1.38 bits per heavy atom. The number of likely N-dealkylation sites (N-methyl/N-ethyl adjacent to an activating group) is 1. The maximum absolute atomic E-state index is 13.8. The molecule has 3 rings (SSSR count). The van der Waals surface area contributed by atoms with Gasteiger partial charge in [-0.1, -0.05) is 6.07 Å². The molecule has 0 fully saturated rings. The number of ether oxygens (including phenoxy) is 1. The second-order valence-electron chi connectivity index (χ2n) is 5.15. The average molecular weight is 352 g/mol. The number of hydrogen-bond donors (Lipinski definition) is 1. The minimum atomic E-state index is -0.550. The molecular weight excluding hydrogens is 337 g/mol. The highest BCUT2D eigenvalue weighted by Crippen LogP contribution is 2.36. The normalized spacial score (nSPS) is 14.8. The standard InChI is InChI=1S/C15H15BrFN3O/c1-20-5-4-9-2-3-11(6-10(9)8-20)21-14-12(17)7-19-15(18)13(14)16/h2-3,6-7H,4-5,8H2,1H3,(H2,18,19). The van der Waals surface area contributed by atoms with Gasteiger partial charge in [-0.2, -0.15) is 0 Å². The van der Waals surface area contributed by atoms with Crippen molar-refractivity contribution in [1.82, 2.24) is 9.88 Å². The third-order valence-corrected chi connectivity index (χ3v) is 4.33. The summed E-state index contributed by atoms with van der Waals surface area (Å²) in [5.41, 5.74) is 8.18. The highest BCUT2D eigenvalue weighted by Gasteiger charge is 2.17. The molecule has 0 radical (unpaired) electrons. The van der Waals surface area contributed by atoms with Crippen LogP contribution in [0.2, 0.25) is 0 Å². The molecular formula is C15H15BrFN3O. The zero-order valence-corrected chi connectivity index (χ0v) is 13.2. The fourth-order valence-electron chi connectivity index (χ4n) is 2.41. The Hall–Kier alpha value is -1.66. The molecule has 6 heteroatoms. The van der Waals surface area contributed by atoms with E-state index in [1.807, 2.05) is 18.2 Å². The largest absolute Gasteiger partial charge is 0.453 e. The van der Waals surface area contributed by atoms with Crippen molar-refractivity contribution in [2.75, 3.05) is 19.3 Å². The van der Waals surface area contributed by atoms with Gasteiger partial charge in [0.1, 0.15) is 16.0 Å². The van der Waals surface area contributed by atoms with E-state index in [1.165, 1.54) is 11.1 Å². The lowest BCUT2D eigenvalue weighted by Gasteiger charge is -2.25. The summed E-state index contributed by atoms with van der Waals surface area (Å²) in [6, 6.07) is 5.84. The average Bonchev–Trinajstić information content (AvgIpc) is 2.47. The number of nitrogens with two attached hydrogens (primary N) is 1. The van der Waals surface area contributed by atoms with Crippen LogP contribution in [0.3, 0.4) is 0 Å². The SMILES string of the molecule is CN1CCc2ccc(Oc3c(F)cnc(N)c3Br)cc2C1. The van der Waals surface area contributed by atoms with Gasteiger partial charge in [-0.3, -0.25) is 0 Å². The number of anilines is 1. The Labute approximate surface area is 130 Å². The molecule has 1 aromatic heterocycles. The van der Waals surface area contributed by atoms with Gasteiger partial charge in [0.2, 0.25) is 0 Å². The van der Waals surface area contributed by atoms with Gasteiger partial charge in [-0.15, -0.1) is 0 Å². The molecule has 1 aliphatic heterocycles. The molecule has 2 heterocycles. The molecule has 0 spiro atoms. The number of aromatic nitrogens is 1. The Balaban J connectivity index is 1.93. The van der Waals surface area contributed by atoms with Crippen LogP contribution in [-0.2, 0) is 13.0 Å². The van der Waals surface area contributed by atoms with Crippen molar-refractivity contribution < 1.29 is 9.13 Å². The number of benzene rings is 1. The molecule has 0 bridgehead atoms. The summed E-state index contributed by atoms with van der Waals surface area (Å²) in [6.07, 6.45) is 2.08. The van der Waals surface area contributed by atoms with Crippen molar-refractivity contribution in [3.05, 3.63) is 45.8 Å². The van der Waals surface area contributed by atoms with E-state index in [4.69, 9.17) is 10.5 Å². The molecule has 21 heavy (non-hydrogen) atoms. The number of pyridine rings is 1. The smallest absolute Gasteiger partial charge is 0.185 e. The van der Waals surface area contributed by atoms with Gasteiger partial charge in [0.05, 0.1) is 6.20 Å². The molecule has 4 nitrogen and oxygen atoms in total. The summed E-state index contributed by atoms with van der Waals surface area (Å²) in [6.45, 7) is 1.92. The number of halogens is 2. The van der Waals surface area contributed by atoms with E-state index < -0.39 is 5.82 Å². The maximum atomic E-state index is 13.8. The predicted molar refractivity (Wildman–Crippen MR) is 82.9 cm³/mol. The number of nitrogens with zero attached hydrogens (tertiary/aromatic N) is 2. The van der Waals surface area contributed by atoms with Crippen molar-refractivity contribution in [3.63, 3.8) is 0 Å². The van der Waals surface area contributed by atoms with Crippen molar-refractivity contribution >= 4 is 21.7 Å². The van der Waals surface area contributed by atoms with Crippen LogP contribution in [0.25, 0.3) is 0 Å². The summed E-state index contributed by atoms with van der Waals surface area (Å²) in [5, 5.41) is 0. The highest BCUT2D eigenvalue weighted by atomic mass is 79.9. The summed E-state index contributed by atoms with van der Waals surface area (Å²) in [5.74, 6) is 0.302. The first-order valence-electron chi connectivity index (χ1n) is 6.62. The van der Waals surface area contributed by atoms with E-state index in [0.29, 0.717) is 10.2 Å². The van der Waals surface area contributed by atoms with Gasteiger partial charge in [-0.25, -0.2) is 9.37 Å². The first-order chi connectivity index (χ1) is 10.0. The van der Waals surface area contributed by atoms with Gasteiger partial charge in [0.25, 0.3) is 0 Å². The van der Waals surface area contributed by atoms with Crippen molar-refractivity contribution in [2.24, 2.45) is 0 Å². The Morgan fingerprint density at radius 3 is 3.00 bits per heavy atom. The molecule has 1 aliphatic rings. The van der Waals surface area contributed by atoms with Crippen LogP contribution in [-0.4, -0.2) is 23.5 Å². The third kappa shape index (κ3) is 2.87. The van der Waals surface area contributed by atoms with E-state index in [2.05, 4.69) is 32.9 Å². The minimum Gasteiger partial charge on any atom is -0.453 e. The van der Waals surface area contributed by atoms with Crippen LogP contribution in [0.5, 0.6) is 11.5 Å². The molecule has 2 aromatic rings. The summed E-state index contributed by atoms with van der Waals surface area (Å²) in [4.78, 5) is 5.97. The summed E-state index contributed by atoms with van der Waals surface area (Å²) >= 11 is 3.21. The molecule has 0 saturated carbocycles. The fourth-order valence-corrected chi connectivity index (χ4v) is 2.78. The quantitative estimate of drug-likeness (QED) is 0.901. The predicted octanol–water partition coefficient (Wildman–Crippen LogP) is 3.35. The Kier molecular flexibility index (Phi) is 3.82. The minimum absolute atomic E-state index is 0.0617. The Morgan fingerprint density at radius 2 is 2.19 bits per heavy atom. The second kappa shape index (κ2) is 5.61. The van der Waals surface area contributed by atoms with Gasteiger partial charge >= 0.3 is 0 Å². The van der Waals surface area contributed by atoms with E-state index >= 15 is 0 Å². The van der Waals surface area contributed by atoms with E-state index in [1.54, 1.807) is 0 Å². The first kappa shape index (κ1) is 14.3. The highest BCUT2D eigenvalue weighted by molar-refractivity contribution is 9.10. The lowest BCUT2D eigenvalue weighted by atomic mass is 10.00. The molecule has 1 aromatic carbocycles. The van der Waals surface area contributed by atoms with Gasteiger partial charge < -0.3 is 15.4 Å². The lowest BCUT2D eigenvalue weighted by molar-refractivity contribution is 0.312. The van der Waals surface area contributed by atoms with Crippen molar-refractivity contribution in [1.29, 1.82) is 0 Å². The zero-order valence-electron chi connectivity index (χ0n) is 11.6. The van der Waals surface area contributed by atoms with E-state index in [-0.39, 0.29) is 11.6 Å². The molecule has 0 saturated heterocycles. The molecule has 110 valence electrons. The zero-order chi connectivity index (χ0) is 15.0. The van der Waals surface area contributed by atoms with Gasteiger partial charge in [0, 0.05) is 13.1 Å². The maximum Gasteiger partial charge on any atom is 0.185 e. The van der Waals surface area contributed by atoms with Gasteiger partial charge in [-0.05, 0) is 52.7 Å². The second-order valence-corrected chi connectivity index (χ2v) is 5.95. The van der Waals surface area contributed by atoms with Crippen LogP contribution in [0, 0.1) is 5.82 Å². The van der Waals surface area contributed by atoms with Crippen LogP contribution >= 0.6 is 15.9 Å². The number of rotatable bonds is 2. The number of nitrogen functional groups attached to an aromatic ring is 1. The topological polar surface area (TPSA) is 51.4 Å². The summed E-state index contributed by atoms with van der Waals surface area (Å²) < 4.78 is 19.8. The Bertz CT molecular complexity index is 693. The van der Waals surface area contributed by atoms with E-state index in [9.17, 15) is 4.39 Å². The third-order valence-electron chi connectivity index (χ3n) is 3.56. The van der Waals surface area contributed by atoms with Crippen molar-refractivity contribution in [2.45, 2.75) is 13.0 Å². The number of hydrogen-bond acceptors (Lipinski definition) is 4. The molecule has 0 aliphatic carbocycles. The monoisotopic (exact) mass is 351 g/mol. The van der Waals surface area contributed by atoms with Crippen LogP contribution in [0.15, 0.2) is 28.9 Å². The number of fused-ring (bicyclic) bond motifs is 1. The first-order valence-corrected chi connectivity index (χ1v) is 7.41. The molecule has 0 atom stereocenters. The molecule has 2 N–H and O–H groups in total. The van der Waals surface area contributed by atoms with Gasteiger partial charge in [0.15, 0.2) is 11.6 Å². The van der Waals surface area contributed by atoms with Crippen LogP contribution in [0.4, 0.5) is 10.2 Å². The molecule has 0 unspecified atom stereocenters. The fraction of sp³-hybridized carbons (Fsp3) is 0.267. The lowest BCUT2D eigenvalue weighted by Crippen LogP contribution is -2.26.